The lowest BCUT2D eigenvalue weighted by molar-refractivity contribution is 0.311. The van der Waals surface area contributed by atoms with E-state index in [1.807, 2.05) is 12.1 Å². The van der Waals surface area contributed by atoms with Gasteiger partial charge in [-0.1, -0.05) is 27.7 Å². The summed E-state index contributed by atoms with van der Waals surface area (Å²) in [7, 11) is -9.43. The van der Waals surface area contributed by atoms with Crippen LogP contribution in [-0.4, -0.2) is 19.6 Å². The van der Waals surface area contributed by atoms with Crippen LogP contribution in [0.4, 0.5) is 0 Å². The van der Waals surface area contributed by atoms with E-state index in [9.17, 15) is 39.2 Å². The third-order valence-corrected chi connectivity index (χ3v) is 9.83. The highest BCUT2D eigenvalue weighted by atomic mass is 31.2. The predicted octanol–water partition coefficient (Wildman–Crippen LogP) is 3.82. The highest BCUT2D eigenvalue weighted by molar-refractivity contribution is 7.53. The number of hydrogen-bond acceptors (Lipinski definition) is 4. The first-order valence-electron chi connectivity index (χ1n) is 8.96. The molecule has 0 unspecified atom stereocenters. The number of hydrogen-bond donors (Lipinski definition) is 4. The molecule has 4 N–H and O–H groups in total. The Bertz CT molecular complexity index is 835. The van der Waals surface area contributed by atoms with E-state index in [1.165, 1.54) is 12.1 Å². The third kappa shape index (κ3) is 3.70. The Kier molecular flexibility index (Phi) is 7.43. The summed E-state index contributed by atoms with van der Waals surface area (Å²) in [4.78, 5) is 40.0. The lowest BCUT2D eigenvalue weighted by Crippen LogP contribution is -2.29. The Morgan fingerprint density at radius 3 is 1.14 bits per heavy atom. The minimum Gasteiger partial charge on any atom is -0.324 e. The SMILES string of the molecule is CCC(CC)(c1cc(C#N)c(C(CC)(CC)P(=O)(O)O)cc1C#N)P(=O)(O)O. The fourth-order valence-corrected chi connectivity index (χ4v) is 6.60. The van der Waals surface area contributed by atoms with Gasteiger partial charge in [0.1, 0.15) is 0 Å². The van der Waals surface area contributed by atoms with Gasteiger partial charge >= 0.3 is 15.2 Å². The van der Waals surface area contributed by atoms with Crippen LogP contribution in [0.2, 0.25) is 0 Å². The molecule has 28 heavy (non-hydrogen) atoms. The average Bonchev–Trinajstić information content (AvgIpc) is 2.62. The van der Waals surface area contributed by atoms with Crippen LogP contribution in [0, 0.1) is 22.7 Å². The van der Waals surface area contributed by atoms with Crippen molar-refractivity contribution in [3.05, 3.63) is 34.4 Å². The average molecular weight is 428 g/mol. The second-order valence-corrected chi connectivity index (χ2v) is 10.6. The zero-order chi connectivity index (χ0) is 22.0. The molecule has 0 saturated heterocycles. The summed E-state index contributed by atoms with van der Waals surface area (Å²) in [5.41, 5.74) is -0.137. The minimum absolute atomic E-state index is 0.0257. The van der Waals surface area contributed by atoms with Gasteiger partial charge in [-0.2, -0.15) is 10.5 Å². The summed E-state index contributed by atoms with van der Waals surface area (Å²) in [6.45, 7) is 6.34. The van der Waals surface area contributed by atoms with Gasteiger partial charge < -0.3 is 19.6 Å². The van der Waals surface area contributed by atoms with Crippen LogP contribution in [0.25, 0.3) is 0 Å². The normalized spacial score (nSPS) is 13.1. The topological polar surface area (TPSA) is 163 Å². The summed E-state index contributed by atoms with van der Waals surface area (Å²) in [6, 6.07) is 6.23. The van der Waals surface area contributed by atoms with Crippen molar-refractivity contribution >= 4 is 15.2 Å². The molecule has 154 valence electrons. The Morgan fingerprint density at radius 1 is 0.750 bits per heavy atom. The molecule has 0 aliphatic rings. The van der Waals surface area contributed by atoms with Gasteiger partial charge in [-0.3, -0.25) is 9.13 Å². The van der Waals surface area contributed by atoms with Crippen molar-refractivity contribution in [2.45, 2.75) is 63.7 Å². The van der Waals surface area contributed by atoms with Crippen molar-refractivity contribution in [2.24, 2.45) is 0 Å². The van der Waals surface area contributed by atoms with Crippen molar-refractivity contribution < 1.29 is 28.7 Å². The molecular weight excluding hydrogens is 402 g/mol. The van der Waals surface area contributed by atoms with Crippen LogP contribution in [0.5, 0.6) is 0 Å². The standard InChI is InChI=1S/C18H26N2O6P2/c1-5-17(6-2,27(21,22)23)15-9-14(12-20)16(10-13(15)11-19)18(7-3,8-4)28(24,25)26/h9-10H,5-8H2,1-4H3,(H2,21,22,23)(H2,24,25,26). The molecule has 1 rings (SSSR count). The molecule has 0 aliphatic carbocycles. The summed E-state index contributed by atoms with van der Waals surface area (Å²) in [5.74, 6) is 0. The highest BCUT2D eigenvalue weighted by Crippen LogP contribution is 2.64. The fourth-order valence-electron chi connectivity index (χ4n) is 3.95. The fraction of sp³-hybridized carbons (Fsp3) is 0.556. The molecule has 0 radical (unpaired) electrons. The van der Waals surface area contributed by atoms with Gasteiger partial charge in [0.2, 0.25) is 0 Å². The molecular formula is C18H26N2O6P2. The first kappa shape index (κ1) is 24.5. The van der Waals surface area contributed by atoms with E-state index in [1.54, 1.807) is 27.7 Å². The molecule has 0 aromatic heterocycles. The van der Waals surface area contributed by atoms with Crippen molar-refractivity contribution in [3.63, 3.8) is 0 Å². The molecule has 0 saturated carbocycles. The van der Waals surface area contributed by atoms with E-state index in [-0.39, 0.29) is 47.9 Å². The molecule has 0 atom stereocenters. The van der Waals surface area contributed by atoms with Gasteiger partial charge in [0, 0.05) is 0 Å². The highest BCUT2D eigenvalue weighted by Gasteiger charge is 2.50. The van der Waals surface area contributed by atoms with Gasteiger partial charge in [0.05, 0.1) is 33.6 Å². The van der Waals surface area contributed by atoms with E-state index in [0.29, 0.717) is 0 Å². The maximum absolute atomic E-state index is 12.3. The van der Waals surface area contributed by atoms with Gasteiger partial charge in [0.15, 0.2) is 0 Å². The van der Waals surface area contributed by atoms with Gasteiger partial charge in [-0.25, -0.2) is 0 Å². The van der Waals surface area contributed by atoms with Crippen molar-refractivity contribution in [2.75, 3.05) is 0 Å². The van der Waals surface area contributed by atoms with Crippen LogP contribution < -0.4 is 0 Å². The maximum atomic E-state index is 12.3. The first-order chi connectivity index (χ1) is 12.9. The molecule has 1 aromatic carbocycles. The van der Waals surface area contributed by atoms with Crippen molar-refractivity contribution in [1.29, 1.82) is 10.5 Å². The molecule has 8 nitrogen and oxygen atoms in total. The number of nitriles is 2. The second kappa shape index (κ2) is 8.47. The molecule has 0 aliphatic heterocycles. The van der Waals surface area contributed by atoms with E-state index in [0.717, 1.165) is 0 Å². The summed E-state index contributed by atoms with van der Waals surface area (Å²) >= 11 is 0. The van der Waals surface area contributed by atoms with Gasteiger partial charge in [0.25, 0.3) is 0 Å². The molecule has 10 heteroatoms. The Balaban J connectivity index is 4.11. The number of benzene rings is 1. The van der Waals surface area contributed by atoms with Crippen LogP contribution in [0.1, 0.15) is 75.6 Å². The molecule has 1 aromatic rings. The lowest BCUT2D eigenvalue weighted by Gasteiger charge is -2.37. The minimum atomic E-state index is -4.72. The molecule has 0 fully saturated rings. The zero-order valence-corrected chi connectivity index (χ0v) is 18.2. The maximum Gasteiger partial charge on any atom is 0.336 e. The summed E-state index contributed by atoms with van der Waals surface area (Å²) in [5, 5.41) is 16.0. The van der Waals surface area contributed by atoms with E-state index >= 15 is 0 Å². The first-order valence-corrected chi connectivity index (χ1v) is 12.2. The smallest absolute Gasteiger partial charge is 0.324 e. The molecule has 0 heterocycles. The summed E-state index contributed by atoms with van der Waals surface area (Å²) in [6.07, 6.45) is 0.103. The van der Waals surface area contributed by atoms with Crippen LogP contribution in [-0.2, 0) is 19.4 Å². The largest absolute Gasteiger partial charge is 0.336 e. The quantitative estimate of drug-likeness (QED) is 0.454. The monoisotopic (exact) mass is 428 g/mol. The molecule has 0 spiro atoms. The second-order valence-electron chi connectivity index (χ2n) is 6.73. The van der Waals surface area contributed by atoms with Crippen LogP contribution in [0.15, 0.2) is 12.1 Å². The summed E-state index contributed by atoms with van der Waals surface area (Å²) < 4.78 is 24.6. The number of rotatable bonds is 8. The lowest BCUT2D eigenvalue weighted by atomic mass is 9.82. The van der Waals surface area contributed by atoms with E-state index < -0.39 is 25.5 Å². The zero-order valence-electron chi connectivity index (χ0n) is 16.4. The van der Waals surface area contributed by atoms with Gasteiger partial charge in [-0.15, -0.1) is 0 Å². The molecule has 0 bridgehead atoms. The van der Waals surface area contributed by atoms with Crippen molar-refractivity contribution in [1.82, 2.24) is 0 Å². The molecule has 0 amide bonds. The Hall–Kier alpha value is -1.50. The van der Waals surface area contributed by atoms with Crippen LogP contribution >= 0.6 is 15.2 Å². The van der Waals surface area contributed by atoms with E-state index in [4.69, 9.17) is 0 Å². The Labute approximate surface area is 165 Å². The Morgan fingerprint density at radius 2 is 1.00 bits per heavy atom. The predicted molar refractivity (Wildman–Crippen MR) is 104 cm³/mol. The van der Waals surface area contributed by atoms with Gasteiger partial charge in [-0.05, 0) is 48.9 Å². The van der Waals surface area contributed by atoms with Crippen LogP contribution in [0.3, 0.4) is 0 Å². The van der Waals surface area contributed by atoms with E-state index in [2.05, 4.69) is 0 Å². The number of nitrogens with zero attached hydrogens (tertiary/aromatic N) is 2. The third-order valence-electron chi connectivity index (χ3n) is 5.86. The van der Waals surface area contributed by atoms with Crippen molar-refractivity contribution in [3.8, 4) is 12.1 Å².